The van der Waals surface area contributed by atoms with Crippen molar-refractivity contribution < 1.29 is 24.2 Å². The van der Waals surface area contributed by atoms with E-state index >= 15 is 0 Å². The second-order valence-electron chi connectivity index (χ2n) is 8.54. The molecule has 0 unspecified atom stereocenters. The van der Waals surface area contributed by atoms with E-state index in [1.807, 2.05) is 6.92 Å². The van der Waals surface area contributed by atoms with Crippen LogP contribution in [0, 0.1) is 6.92 Å². The number of hydrogen-bond donors (Lipinski definition) is 1. The van der Waals surface area contributed by atoms with Gasteiger partial charge in [0.15, 0.2) is 0 Å². The lowest BCUT2D eigenvalue weighted by atomic mass is 9.94. The molecular weight excluding hydrogens is 456 g/mol. The van der Waals surface area contributed by atoms with Gasteiger partial charge in [-0.2, -0.15) is 0 Å². The predicted molar refractivity (Wildman–Crippen MR) is 130 cm³/mol. The average Bonchev–Trinajstić information content (AvgIpc) is 3.09. The molecule has 4 rings (SSSR count). The molecule has 2 aromatic rings. The molecular formula is C26H29ClN2O5. The minimum absolute atomic E-state index is 0.0864. The fourth-order valence-electron chi connectivity index (χ4n) is 4.57. The van der Waals surface area contributed by atoms with Gasteiger partial charge in [-0.15, -0.1) is 0 Å². The number of benzene rings is 2. The second-order valence-corrected chi connectivity index (χ2v) is 8.97. The highest BCUT2D eigenvalue weighted by molar-refractivity contribution is 6.46. The van der Waals surface area contributed by atoms with E-state index in [-0.39, 0.29) is 11.3 Å². The molecule has 1 atom stereocenters. The van der Waals surface area contributed by atoms with Crippen LogP contribution in [0.25, 0.3) is 5.76 Å². The molecule has 2 heterocycles. The van der Waals surface area contributed by atoms with Crippen LogP contribution in [0.1, 0.15) is 29.2 Å². The summed E-state index contributed by atoms with van der Waals surface area (Å²) >= 11 is 6.09. The van der Waals surface area contributed by atoms with Crippen molar-refractivity contribution in [1.82, 2.24) is 9.80 Å². The maximum atomic E-state index is 13.2. The number of aryl methyl sites for hydroxylation is 1. The number of amides is 1. The number of halogens is 1. The van der Waals surface area contributed by atoms with E-state index in [1.165, 1.54) is 0 Å². The Balaban J connectivity index is 1.68. The van der Waals surface area contributed by atoms with Crippen molar-refractivity contribution in [3.63, 3.8) is 0 Å². The number of methoxy groups -OCH3 is 1. The van der Waals surface area contributed by atoms with Gasteiger partial charge in [-0.05, 0) is 54.8 Å². The number of carbonyl (C=O) groups is 2. The van der Waals surface area contributed by atoms with Gasteiger partial charge < -0.3 is 19.5 Å². The maximum Gasteiger partial charge on any atom is 0.295 e. The van der Waals surface area contributed by atoms with Crippen LogP contribution in [-0.2, 0) is 14.3 Å². The molecule has 1 amide bonds. The maximum absolute atomic E-state index is 13.2. The quantitative estimate of drug-likeness (QED) is 0.366. The molecule has 0 spiro atoms. The molecule has 180 valence electrons. The molecule has 8 heteroatoms. The number of morpholine rings is 1. The Labute approximate surface area is 204 Å². The Kier molecular flexibility index (Phi) is 7.56. The van der Waals surface area contributed by atoms with Crippen LogP contribution in [-0.4, -0.2) is 73.1 Å². The molecule has 0 radical (unpaired) electrons. The minimum atomic E-state index is -0.690. The molecule has 2 saturated heterocycles. The lowest BCUT2D eigenvalue weighted by molar-refractivity contribution is -0.140. The number of aliphatic hydroxyl groups excluding tert-OH is 1. The third-order valence-corrected chi connectivity index (χ3v) is 6.62. The van der Waals surface area contributed by atoms with Crippen molar-refractivity contribution in [2.75, 3.05) is 46.5 Å². The van der Waals surface area contributed by atoms with Crippen LogP contribution in [0.15, 0.2) is 48.0 Å². The summed E-state index contributed by atoms with van der Waals surface area (Å²) in [6.07, 6.45) is 0.707. The van der Waals surface area contributed by atoms with Gasteiger partial charge in [0.2, 0.25) is 0 Å². The molecule has 34 heavy (non-hydrogen) atoms. The molecule has 2 fully saturated rings. The summed E-state index contributed by atoms with van der Waals surface area (Å²) in [6, 6.07) is 11.5. The van der Waals surface area contributed by atoms with Crippen molar-refractivity contribution >= 4 is 29.1 Å². The van der Waals surface area contributed by atoms with Crippen LogP contribution in [0.5, 0.6) is 5.75 Å². The largest absolute Gasteiger partial charge is 0.507 e. The first kappa shape index (κ1) is 24.3. The average molecular weight is 485 g/mol. The van der Waals surface area contributed by atoms with Crippen molar-refractivity contribution in [2.24, 2.45) is 0 Å². The second kappa shape index (κ2) is 10.6. The van der Waals surface area contributed by atoms with Gasteiger partial charge in [-0.3, -0.25) is 14.5 Å². The van der Waals surface area contributed by atoms with Crippen LogP contribution < -0.4 is 4.74 Å². The first-order chi connectivity index (χ1) is 16.4. The number of carbonyl (C=O) groups excluding carboxylic acids is 2. The van der Waals surface area contributed by atoms with Gasteiger partial charge in [0.25, 0.3) is 11.7 Å². The molecule has 2 aliphatic heterocycles. The van der Waals surface area contributed by atoms with E-state index in [1.54, 1.807) is 54.5 Å². The molecule has 7 nitrogen and oxygen atoms in total. The predicted octanol–water partition coefficient (Wildman–Crippen LogP) is 3.80. The number of rotatable bonds is 7. The van der Waals surface area contributed by atoms with Crippen molar-refractivity contribution in [2.45, 2.75) is 19.4 Å². The van der Waals surface area contributed by atoms with Gasteiger partial charge in [0.1, 0.15) is 11.5 Å². The third kappa shape index (κ3) is 4.97. The Bertz CT molecular complexity index is 1090. The van der Waals surface area contributed by atoms with Crippen LogP contribution >= 0.6 is 11.6 Å². The van der Waals surface area contributed by atoms with Crippen molar-refractivity contribution in [3.05, 3.63) is 69.8 Å². The SMILES string of the molecule is COc1ccc(C(O)=C2C(=O)C(=O)N(CCCN3CCOCC3)[C@H]2c2ccc(Cl)cc2)cc1C. The Morgan fingerprint density at radius 2 is 1.82 bits per heavy atom. The summed E-state index contributed by atoms with van der Waals surface area (Å²) in [5.74, 6) is -0.805. The summed E-state index contributed by atoms with van der Waals surface area (Å²) in [7, 11) is 1.57. The van der Waals surface area contributed by atoms with E-state index in [2.05, 4.69) is 4.90 Å². The molecule has 0 aliphatic carbocycles. The lowest BCUT2D eigenvalue weighted by Crippen LogP contribution is -2.38. The molecule has 0 saturated carbocycles. The Morgan fingerprint density at radius 1 is 1.12 bits per heavy atom. The first-order valence-corrected chi connectivity index (χ1v) is 11.8. The third-order valence-electron chi connectivity index (χ3n) is 6.37. The Hall–Kier alpha value is -2.87. The minimum Gasteiger partial charge on any atom is -0.507 e. The summed E-state index contributed by atoms with van der Waals surface area (Å²) in [4.78, 5) is 30.1. The highest BCUT2D eigenvalue weighted by Gasteiger charge is 2.45. The summed E-state index contributed by atoms with van der Waals surface area (Å²) in [6.45, 7) is 6.18. The smallest absolute Gasteiger partial charge is 0.295 e. The van der Waals surface area contributed by atoms with E-state index in [4.69, 9.17) is 21.1 Å². The van der Waals surface area contributed by atoms with Gasteiger partial charge >= 0.3 is 0 Å². The first-order valence-electron chi connectivity index (χ1n) is 11.4. The lowest BCUT2D eigenvalue weighted by Gasteiger charge is -2.29. The number of Topliss-reactive ketones (excluding diaryl/α,β-unsaturated/α-hetero) is 1. The van der Waals surface area contributed by atoms with Crippen LogP contribution in [0.3, 0.4) is 0 Å². The van der Waals surface area contributed by atoms with Gasteiger partial charge in [0, 0.05) is 36.8 Å². The highest BCUT2D eigenvalue weighted by Crippen LogP contribution is 2.40. The number of nitrogens with zero attached hydrogens (tertiary/aromatic N) is 2. The van der Waals surface area contributed by atoms with Crippen molar-refractivity contribution in [1.29, 1.82) is 0 Å². The number of ketones is 1. The number of ether oxygens (including phenoxy) is 2. The number of likely N-dealkylation sites (tertiary alicyclic amines) is 1. The summed E-state index contributed by atoms with van der Waals surface area (Å²) < 4.78 is 10.7. The fraction of sp³-hybridized carbons (Fsp3) is 0.385. The molecule has 0 aromatic heterocycles. The number of hydrogen-bond acceptors (Lipinski definition) is 6. The zero-order chi connectivity index (χ0) is 24.2. The van der Waals surface area contributed by atoms with E-state index in [9.17, 15) is 14.7 Å². The van der Waals surface area contributed by atoms with Crippen molar-refractivity contribution in [3.8, 4) is 5.75 Å². The van der Waals surface area contributed by atoms with E-state index in [0.717, 1.165) is 30.8 Å². The summed E-state index contributed by atoms with van der Waals surface area (Å²) in [5, 5.41) is 11.8. The zero-order valence-electron chi connectivity index (χ0n) is 19.4. The van der Waals surface area contributed by atoms with Gasteiger partial charge in [-0.25, -0.2) is 0 Å². The topological polar surface area (TPSA) is 79.3 Å². The molecule has 2 aromatic carbocycles. The monoisotopic (exact) mass is 484 g/mol. The van der Waals surface area contributed by atoms with Crippen LogP contribution in [0.4, 0.5) is 0 Å². The van der Waals surface area contributed by atoms with Crippen LogP contribution in [0.2, 0.25) is 5.02 Å². The number of aliphatic hydroxyl groups is 1. The van der Waals surface area contributed by atoms with E-state index < -0.39 is 17.7 Å². The van der Waals surface area contributed by atoms with E-state index in [0.29, 0.717) is 42.5 Å². The van der Waals surface area contributed by atoms with Gasteiger partial charge in [0.05, 0.1) is 31.9 Å². The molecule has 2 aliphatic rings. The highest BCUT2D eigenvalue weighted by atomic mass is 35.5. The fourth-order valence-corrected chi connectivity index (χ4v) is 4.70. The Morgan fingerprint density at radius 3 is 2.47 bits per heavy atom. The molecule has 1 N–H and O–H groups in total. The molecule has 0 bridgehead atoms. The van der Waals surface area contributed by atoms with Gasteiger partial charge in [-0.1, -0.05) is 23.7 Å². The normalized spacial score (nSPS) is 20.7. The standard InChI is InChI=1S/C26H29ClN2O5/c1-17-16-19(6-9-21(17)33-2)24(30)22-23(18-4-7-20(27)8-5-18)29(26(32)25(22)31)11-3-10-28-12-14-34-15-13-28/h4-9,16,23,30H,3,10-15H2,1-2H3/t23-/m0/s1. The zero-order valence-corrected chi connectivity index (χ0v) is 20.2. The summed E-state index contributed by atoms with van der Waals surface area (Å²) in [5.41, 5.74) is 2.09.